The highest BCUT2D eigenvalue weighted by atomic mass is 32.2. The Morgan fingerprint density at radius 2 is 2.06 bits per heavy atom. The summed E-state index contributed by atoms with van der Waals surface area (Å²) in [6, 6.07) is 7.82. The molecule has 0 amide bonds. The summed E-state index contributed by atoms with van der Waals surface area (Å²) < 4.78 is 16.0. The van der Waals surface area contributed by atoms with E-state index in [0.29, 0.717) is 23.9 Å². The Labute approximate surface area is 185 Å². The second-order valence-electron chi connectivity index (χ2n) is 6.86. The molecule has 1 aromatic carbocycles. The van der Waals surface area contributed by atoms with Crippen LogP contribution in [0.3, 0.4) is 0 Å². The molecule has 3 aromatic rings. The maximum Gasteiger partial charge on any atom is 0.156 e. The van der Waals surface area contributed by atoms with Gasteiger partial charge in [0.15, 0.2) is 5.82 Å². The number of aryl methyl sites for hydroxylation is 1. The third-order valence-electron chi connectivity index (χ3n) is 4.86. The van der Waals surface area contributed by atoms with Crippen LogP contribution >= 0.6 is 0 Å². The van der Waals surface area contributed by atoms with Crippen LogP contribution in [-0.2, 0) is 18.0 Å². The van der Waals surface area contributed by atoms with Gasteiger partial charge in [-0.15, -0.1) is 0 Å². The van der Waals surface area contributed by atoms with Gasteiger partial charge in [0.25, 0.3) is 0 Å². The lowest BCUT2D eigenvalue weighted by molar-refractivity contribution is 0.685. The molecule has 0 saturated heterocycles. The van der Waals surface area contributed by atoms with Crippen LogP contribution in [0.15, 0.2) is 41.8 Å². The molecule has 9 nitrogen and oxygen atoms in total. The van der Waals surface area contributed by atoms with Gasteiger partial charge in [0, 0.05) is 45.6 Å². The van der Waals surface area contributed by atoms with Gasteiger partial charge in [0.2, 0.25) is 0 Å². The number of nitrogens with one attached hydrogen (secondary N) is 3. The Morgan fingerprint density at radius 3 is 2.65 bits per heavy atom. The van der Waals surface area contributed by atoms with Gasteiger partial charge in [0.05, 0.1) is 35.3 Å². The van der Waals surface area contributed by atoms with Crippen molar-refractivity contribution in [3.8, 4) is 11.3 Å². The number of hydrogen-bond donors (Lipinski definition) is 3. The number of pyridine rings is 1. The molecule has 3 N–H and O–H groups in total. The van der Waals surface area contributed by atoms with Crippen LogP contribution < -0.4 is 20.3 Å². The minimum atomic E-state index is -1.21. The summed E-state index contributed by atoms with van der Waals surface area (Å²) in [5, 5.41) is 9.73. The molecule has 164 valence electrons. The third kappa shape index (κ3) is 4.69. The predicted molar refractivity (Wildman–Crippen MR) is 132 cm³/mol. The van der Waals surface area contributed by atoms with Crippen molar-refractivity contribution in [3.05, 3.63) is 36.8 Å². The monoisotopic (exact) mass is 440 g/mol. The lowest BCUT2D eigenvalue weighted by Crippen LogP contribution is -2.20. The zero-order valence-corrected chi connectivity index (χ0v) is 19.2. The van der Waals surface area contributed by atoms with E-state index in [2.05, 4.69) is 37.6 Å². The summed E-state index contributed by atoms with van der Waals surface area (Å²) in [6.07, 6.45) is 5.20. The first-order valence-electron chi connectivity index (χ1n) is 9.78. The van der Waals surface area contributed by atoms with Crippen molar-refractivity contribution in [1.29, 1.82) is 0 Å². The van der Waals surface area contributed by atoms with Gasteiger partial charge in [-0.05, 0) is 25.8 Å². The van der Waals surface area contributed by atoms with E-state index in [9.17, 15) is 4.21 Å². The van der Waals surface area contributed by atoms with E-state index in [0.717, 1.165) is 28.3 Å². The fourth-order valence-electron chi connectivity index (χ4n) is 3.19. The molecule has 31 heavy (non-hydrogen) atoms. The Balaban J connectivity index is 2.12. The first-order valence-corrected chi connectivity index (χ1v) is 11.3. The second kappa shape index (κ2) is 9.61. The summed E-state index contributed by atoms with van der Waals surface area (Å²) in [5.74, 6) is 1.32. The number of hydrogen-bond acceptors (Lipinski definition) is 7. The van der Waals surface area contributed by atoms with Gasteiger partial charge in [-0.25, -0.2) is 14.2 Å². The third-order valence-corrected chi connectivity index (χ3v) is 5.82. The molecule has 0 spiro atoms. The van der Waals surface area contributed by atoms with E-state index in [4.69, 9.17) is 0 Å². The smallest absolute Gasteiger partial charge is 0.156 e. The highest BCUT2D eigenvalue weighted by Gasteiger charge is 2.17. The lowest BCUT2D eigenvalue weighted by atomic mass is 10.1. The molecule has 1 atom stereocenters. The van der Waals surface area contributed by atoms with Crippen LogP contribution in [0, 0.1) is 0 Å². The van der Waals surface area contributed by atoms with Gasteiger partial charge in [0.1, 0.15) is 22.5 Å². The summed E-state index contributed by atoms with van der Waals surface area (Å²) in [5.41, 5.74) is 4.84. The number of imidazole rings is 1. The number of nitrogens with zero attached hydrogens (tertiary/aromatic N) is 5. The molecular weight excluding hydrogens is 412 g/mol. The summed E-state index contributed by atoms with van der Waals surface area (Å²) >= 11 is 0. The Bertz CT molecular complexity index is 1110. The summed E-state index contributed by atoms with van der Waals surface area (Å²) in [7, 11) is 4.34. The van der Waals surface area contributed by atoms with Gasteiger partial charge in [-0.1, -0.05) is 6.07 Å². The Hall–Kier alpha value is -3.40. The molecule has 0 radical (unpaired) electrons. The van der Waals surface area contributed by atoms with E-state index in [1.165, 1.54) is 0 Å². The maximum atomic E-state index is 12.3. The fraction of sp³-hybridized carbons (Fsp3) is 0.286. The van der Waals surface area contributed by atoms with Crippen molar-refractivity contribution in [2.75, 3.05) is 47.2 Å². The summed E-state index contributed by atoms with van der Waals surface area (Å²) in [6.45, 7) is 6.41. The zero-order chi connectivity index (χ0) is 22.5. The normalized spacial score (nSPS) is 11.6. The summed E-state index contributed by atoms with van der Waals surface area (Å²) in [4.78, 5) is 12.9. The molecule has 0 aliphatic heterocycles. The van der Waals surface area contributed by atoms with Crippen molar-refractivity contribution in [3.63, 3.8) is 0 Å². The number of aromatic nitrogens is 3. The van der Waals surface area contributed by atoms with Gasteiger partial charge < -0.3 is 20.5 Å². The van der Waals surface area contributed by atoms with Crippen LogP contribution in [0.2, 0.25) is 0 Å². The minimum Gasteiger partial charge on any atom is -0.373 e. The van der Waals surface area contributed by atoms with E-state index in [1.54, 1.807) is 30.1 Å². The van der Waals surface area contributed by atoms with E-state index >= 15 is 0 Å². The fourth-order valence-corrected chi connectivity index (χ4v) is 3.62. The van der Waals surface area contributed by atoms with Crippen molar-refractivity contribution in [2.45, 2.75) is 6.92 Å². The maximum absolute atomic E-state index is 12.3. The molecule has 2 heterocycles. The number of anilines is 5. The molecule has 0 fully saturated rings. The molecule has 0 aliphatic rings. The van der Waals surface area contributed by atoms with E-state index in [-0.39, 0.29) is 0 Å². The molecule has 3 rings (SSSR count). The van der Waals surface area contributed by atoms with Crippen LogP contribution in [0.25, 0.3) is 11.3 Å². The Morgan fingerprint density at radius 1 is 1.29 bits per heavy atom. The Kier molecular flexibility index (Phi) is 6.91. The average Bonchev–Trinajstić information content (AvgIpc) is 3.19. The highest BCUT2D eigenvalue weighted by molar-refractivity contribution is 7.85. The predicted octanol–water partition coefficient (Wildman–Crippen LogP) is 3.76. The van der Waals surface area contributed by atoms with Crippen LogP contribution in [0.4, 0.5) is 34.4 Å². The molecule has 1 unspecified atom stereocenters. The van der Waals surface area contributed by atoms with Crippen molar-refractivity contribution >= 4 is 52.1 Å². The molecular formula is C21H28N8OS. The van der Waals surface area contributed by atoms with Crippen molar-refractivity contribution in [1.82, 2.24) is 14.5 Å². The number of aliphatic imine (C=N–C) groups is 1. The SMILES string of the molecule is C=Nc1c(Nc2ccc(-c3cncn3C)cc2N(C)S(C)=O)cc(NC)nc1NCC. The molecule has 2 aromatic heterocycles. The first kappa shape index (κ1) is 22.3. The van der Waals surface area contributed by atoms with Gasteiger partial charge in [-0.3, -0.25) is 9.30 Å². The van der Waals surface area contributed by atoms with Gasteiger partial charge in [-0.2, -0.15) is 0 Å². The zero-order valence-electron chi connectivity index (χ0n) is 18.4. The molecule has 10 heteroatoms. The molecule has 0 aliphatic carbocycles. The lowest BCUT2D eigenvalue weighted by Gasteiger charge is -2.22. The van der Waals surface area contributed by atoms with Crippen LogP contribution in [0.1, 0.15) is 6.92 Å². The van der Waals surface area contributed by atoms with Crippen molar-refractivity contribution in [2.24, 2.45) is 12.0 Å². The largest absolute Gasteiger partial charge is 0.373 e. The highest BCUT2D eigenvalue weighted by Crippen LogP contribution is 2.39. The van der Waals surface area contributed by atoms with Crippen molar-refractivity contribution < 1.29 is 4.21 Å². The topological polar surface area (TPSA) is 99.5 Å². The quantitative estimate of drug-likeness (QED) is 0.438. The first-order chi connectivity index (χ1) is 14.9. The van der Waals surface area contributed by atoms with Gasteiger partial charge >= 0.3 is 0 Å². The van der Waals surface area contributed by atoms with E-state index < -0.39 is 11.0 Å². The minimum absolute atomic E-state index is 0.614. The van der Waals surface area contributed by atoms with E-state index in [1.807, 2.05) is 49.9 Å². The standard InChI is InChI=1S/C21H28N8OS/c1-7-25-21-20(23-3)16(11-19(22-2)27-21)26-15-9-8-14(18-12-24-13-28(18)4)10-17(15)29(5)31(6)30/h8-13H,3,7H2,1-2,4-6H3,(H3,22,25,26,27). The average molecular weight is 441 g/mol. The number of benzene rings is 1. The molecule has 0 saturated carbocycles. The molecule has 0 bridgehead atoms. The van der Waals surface area contributed by atoms with Crippen LogP contribution in [-0.4, -0.2) is 52.4 Å². The van der Waals surface area contributed by atoms with Crippen LogP contribution in [0.5, 0.6) is 0 Å². The number of rotatable bonds is 9. The second-order valence-corrected chi connectivity index (χ2v) is 8.25.